The van der Waals surface area contributed by atoms with E-state index in [1.165, 1.54) is 0 Å². The smallest absolute Gasteiger partial charge is 0.407 e. The summed E-state index contributed by atoms with van der Waals surface area (Å²) >= 11 is 0. The molecule has 19 heavy (non-hydrogen) atoms. The molecule has 0 heterocycles. The summed E-state index contributed by atoms with van der Waals surface area (Å²) < 4.78 is 10.6. The Morgan fingerprint density at radius 2 is 1.63 bits per heavy atom. The minimum atomic E-state index is -0.972. The maximum absolute atomic E-state index is 11.5. The summed E-state index contributed by atoms with van der Waals surface area (Å²) in [5, 5.41) is 11.3. The summed E-state index contributed by atoms with van der Waals surface area (Å²) in [5.41, 5.74) is -1.06. The zero-order valence-corrected chi connectivity index (χ0v) is 12.6. The van der Waals surface area contributed by atoms with Crippen LogP contribution in [-0.2, 0) is 14.3 Å². The van der Waals surface area contributed by atoms with Gasteiger partial charge in [-0.05, 0) is 41.5 Å². The zero-order valence-electron chi connectivity index (χ0n) is 12.6. The highest BCUT2D eigenvalue weighted by atomic mass is 16.6. The first-order valence-electron chi connectivity index (χ1n) is 6.25. The van der Waals surface area contributed by atoms with Crippen molar-refractivity contribution in [2.75, 3.05) is 6.54 Å². The van der Waals surface area contributed by atoms with Crippen LogP contribution in [-0.4, -0.2) is 41.0 Å². The lowest BCUT2D eigenvalue weighted by Gasteiger charge is -2.27. The van der Waals surface area contributed by atoms with Crippen molar-refractivity contribution in [1.29, 1.82) is 0 Å². The van der Waals surface area contributed by atoms with Gasteiger partial charge >= 0.3 is 12.1 Å². The van der Waals surface area contributed by atoms with Gasteiger partial charge in [0, 0.05) is 6.54 Å². The molecule has 0 spiro atoms. The molecule has 112 valence electrons. The van der Waals surface area contributed by atoms with Gasteiger partial charge in [-0.1, -0.05) is 0 Å². The molecular formula is C13H25NO5. The fourth-order valence-corrected chi connectivity index (χ4v) is 1.36. The van der Waals surface area contributed by atoms with Gasteiger partial charge in [0.15, 0.2) is 0 Å². The fraction of sp³-hybridized carbons (Fsp3) is 0.846. The lowest BCUT2D eigenvalue weighted by molar-refractivity contribution is -0.143. The maximum atomic E-state index is 11.5. The van der Waals surface area contributed by atoms with Crippen LogP contribution < -0.4 is 5.32 Å². The molecule has 6 nitrogen and oxygen atoms in total. The van der Waals surface area contributed by atoms with Crippen molar-refractivity contribution >= 4 is 12.1 Å². The van der Waals surface area contributed by atoms with Crippen LogP contribution in [0.25, 0.3) is 0 Å². The third-order valence-corrected chi connectivity index (χ3v) is 1.80. The number of carbonyl (C=O) groups excluding carboxylic acids is 1. The second-order valence-electron chi connectivity index (χ2n) is 6.33. The van der Waals surface area contributed by atoms with E-state index in [-0.39, 0.29) is 13.0 Å². The Bertz CT molecular complexity index is 314. The molecule has 0 aromatic carbocycles. The molecule has 0 fully saturated rings. The number of aliphatic carboxylic acids is 1. The van der Waals surface area contributed by atoms with Gasteiger partial charge in [-0.15, -0.1) is 0 Å². The third-order valence-electron chi connectivity index (χ3n) is 1.80. The molecular weight excluding hydrogens is 250 g/mol. The highest BCUT2D eigenvalue weighted by Crippen LogP contribution is 2.13. The van der Waals surface area contributed by atoms with Crippen molar-refractivity contribution in [3.05, 3.63) is 0 Å². The zero-order chi connectivity index (χ0) is 15.3. The summed E-state index contributed by atoms with van der Waals surface area (Å²) in [6, 6.07) is 0. The summed E-state index contributed by atoms with van der Waals surface area (Å²) in [4.78, 5) is 22.2. The summed E-state index contributed by atoms with van der Waals surface area (Å²) in [6.45, 7) is 10.9. The number of carboxylic acid groups (broad SMARTS) is 1. The summed E-state index contributed by atoms with van der Waals surface area (Å²) in [5.74, 6) is -0.972. The number of hydrogen-bond donors (Lipinski definition) is 2. The van der Waals surface area contributed by atoms with Crippen molar-refractivity contribution < 1.29 is 24.2 Å². The van der Waals surface area contributed by atoms with Gasteiger partial charge in [-0.25, -0.2) is 4.79 Å². The van der Waals surface area contributed by atoms with Gasteiger partial charge in [0.25, 0.3) is 0 Å². The van der Waals surface area contributed by atoms with E-state index in [1.54, 1.807) is 20.8 Å². The quantitative estimate of drug-likeness (QED) is 0.803. The van der Waals surface area contributed by atoms with Crippen molar-refractivity contribution in [2.45, 2.75) is 65.3 Å². The summed E-state index contributed by atoms with van der Waals surface area (Å²) in [7, 11) is 0. The number of carboxylic acids is 1. The normalized spacial score (nSPS) is 13.8. The van der Waals surface area contributed by atoms with E-state index in [4.69, 9.17) is 14.6 Å². The minimum absolute atomic E-state index is 0.0957. The van der Waals surface area contributed by atoms with Gasteiger partial charge in [-0.3, -0.25) is 4.79 Å². The number of ether oxygens (including phenoxy) is 2. The summed E-state index contributed by atoms with van der Waals surface area (Å²) in [6.07, 6.45) is -1.35. The van der Waals surface area contributed by atoms with E-state index >= 15 is 0 Å². The molecule has 0 rings (SSSR count). The Hall–Kier alpha value is -1.30. The lowest BCUT2D eigenvalue weighted by Crippen LogP contribution is -2.41. The second kappa shape index (κ2) is 6.75. The molecule has 0 bridgehead atoms. The minimum Gasteiger partial charge on any atom is -0.481 e. The van der Waals surface area contributed by atoms with Crippen LogP contribution in [0.5, 0.6) is 0 Å². The number of amides is 1. The van der Waals surface area contributed by atoms with E-state index in [1.807, 2.05) is 20.8 Å². The number of alkyl carbamates (subject to hydrolysis) is 1. The van der Waals surface area contributed by atoms with Crippen LogP contribution in [0.1, 0.15) is 48.0 Å². The largest absolute Gasteiger partial charge is 0.481 e. The Kier molecular flexibility index (Phi) is 6.29. The van der Waals surface area contributed by atoms with Crippen LogP contribution in [0, 0.1) is 0 Å². The average Bonchev–Trinajstić information content (AvgIpc) is 2.07. The van der Waals surface area contributed by atoms with Crippen molar-refractivity contribution in [1.82, 2.24) is 5.32 Å². The van der Waals surface area contributed by atoms with E-state index < -0.39 is 29.4 Å². The molecule has 0 aromatic heterocycles. The van der Waals surface area contributed by atoms with Gasteiger partial charge in [0.1, 0.15) is 5.60 Å². The molecule has 0 aliphatic carbocycles. The number of rotatable bonds is 5. The first-order valence-corrected chi connectivity index (χ1v) is 6.25. The van der Waals surface area contributed by atoms with E-state index in [9.17, 15) is 9.59 Å². The molecule has 0 saturated carbocycles. The molecule has 6 heteroatoms. The molecule has 0 aromatic rings. The predicted octanol–water partition coefficient (Wildman–Crippen LogP) is 2.17. The monoisotopic (exact) mass is 275 g/mol. The Morgan fingerprint density at radius 1 is 1.11 bits per heavy atom. The van der Waals surface area contributed by atoms with Crippen LogP contribution in [0.3, 0.4) is 0 Å². The van der Waals surface area contributed by atoms with Crippen LogP contribution in [0.15, 0.2) is 0 Å². The van der Waals surface area contributed by atoms with Crippen LogP contribution >= 0.6 is 0 Å². The van der Waals surface area contributed by atoms with E-state index in [2.05, 4.69) is 5.32 Å². The van der Waals surface area contributed by atoms with Crippen LogP contribution in [0.2, 0.25) is 0 Å². The molecule has 1 amide bonds. The number of nitrogens with one attached hydrogen (secondary N) is 1. The first-order chi connectivity index (χ1) is 8.39. The predicted molar refractivity (Wildman–Crippen MR) is 71.1 cm³/mol. The third kappa shape index (κ3) is 11.5. The van der Waals surface area contributed by atoms with Crippen LogP contribution in [0.4, 0.5) is 4.79 Å². The molecule has 0 saturated heterocycles. The molecule has 0 unspecified atom stereocenters. The first kappa shape index (κ1) is 17.7. The molecule has 0 radical (unpaired) electrons. The van der Waals surface area contributed by atoms with Crippen molar-refractivity contribution in [2.24, 2.45) is 0 Å². The molecule has 0 aliphatic heterocycles. The van der Waals surface area contributed by atoms with Gasteiger partial charge in [0.05, 0.1) is 18.1 Å². The molecule has 0 aliphatic rings. The molecule has 2 N–H and O–H groups in total. The Morgan fingerprint density at radius 3 is 2.00 bits per heavy atom. The fourth-order valence-electron chi connectivity index (χ4n) is 1.36. The lowest BCUT2D eigenvalue weighted by atomic mass is 10.1. The average molecular weight is 275 g/mol. The second-order valence-corrected chi connectivity index (χ2v) is 6.33. The van der Waals surface area contributed by atoms with Crippen molar-refractivity contribution in [3.8, 4) is 0 Å². The maximum Gasteiger partial charge on any atom is 0.407 e. The van der Waals surface area contributed by atoms with E-state index in [0.29, 0.717) is 0 Å². The van der Waals surface area contributed by atoms with Gasteiger partial charge in [-0.2, -0.15) is 0 Å². The van der Waals surface area contributed by atoms with Gasteiger partial charge < -0.3 is 19.9 Å². The standard InChI is InChI=1S/C13H25NO5/c1-12(2,3)18-9(7-10(15)16)8-14-11(17)19-13(4,5)6/h9H,7-8H2,1-6H3,(H,14,17)(H,15,16)/t9-/m0/s1. The van der Waals surface area contributed by atoms with Crippen molar-refractivity contribution in [3.63, 3.8) is 0 Å². The molecule has 1 atom stereocenters. The van der Waals surface area contributed by atoms with E-state index in [0.717, 1.165) is 0 Å². The highest BCUT2D eigenvalue weighted by molar-refractivity contribution is 5.69. The Balaban J connectivity index is 4.34. The van der Waals surface area contributed by atoms with Gasteiger partial charge in [0.2, 0.25) is 0 Å². The number of carbonyl (C=O) groups is 2. The number of hydrogen-bond acceptors (Lipinski definition) is 4. The topological polar surface area (TPSA) is 84.9 Å². The highest BCUT2D eigenvalue weighted by Gasteiger charge is 2.23. The Labute approximate surface area is 114 Å². The SMILES string of the molecule is CC(C)(C)OC(=O)NC[C@H](CC(=O)O)OC(C)(C)C.